The fraction of sp³-hybridized carbons (Fsp3) is 0.700. The monoisotopic (exact) mass is 200 g/mol. The first-order valence-corrected chi connectivity index (χ1v) is 4.99. The molecule has 0 aliphatic heterocycles. The summed E-state index contributed by atoms with van der Waals surface area (Å²) in [6.45, 7) is 11.3. The standard InChI is InChI=1S/C10H17ClN2/c1-6-13-7(2)8(11)9(12-13)10(3,4)5/h6H2,1-5H3. The van der Waals surface area contributed by atoms with E-state index in [2.05, 4.69) is 32.8 Å². The SMILES string of the molecule is CCn1nc(C(C)(C)C)c(Cl)c1C. The van der Waals surface area contributed by atoms with E-state index in [-0.39, 0.29) is 5.41 Å². The van der Waals surface area contributed by atoms with Crippen LogP contribution >= 0.6 is 11.6 Å². The molecule has 0 radical (unpaired) electrons. The van der Waals surface area contributed by atoms with Crippen LogP contribution in [0.5, 0.6) is 0 Å². The Morgan fingerprint density at radius 3 is 2.15 bits per heavy atom. The van der Waals surface area contributed by atoms with Crippen LogP contribution in [0.25, 0.3) is 0 Å². The number of hydrogen-bond acceptors (Lipinski definition) is 1. The van der Waals surface area contributed by atoms with E-state index in [1.165, 1.54) is 0 Å². The number of rotatable bonds is 1. The normalized spacial score (nSPS) is 12.2. The number of aryl methyl sites for hydroxylation is 1. The van der Waals surface area contributed by atoms with Crippen LogP contribution in [0.1, 0.15) is 39.1 Å². The van der Waals surface area contributed by atoms with Gasteiger partial charge in [-0.2, -0.15) is 5.10 Å². The van der Waals surface area contributed by atoms with Gasteiger partial charge in [-0.25, -0.2) is 0 Å². The molecule has 2 nitrogen and oxygen atoms in total. The molecule has 0 aliphatic carbocycles. The first-order chi connectivity index (χ1) is 5.88. The second-order valence-corrected chi connectivity index (χ2v) is 4.69. The van der Waals surface area contributed by atoms with Crippen molar-refractivity contribution in [2.24, 2.45) is 0 Å². The van der Waals surface area contributed by atoms with E-state index in [9.17, 15) is 0 Å². The first-order valence-electron chi connectivity index (χ1n) is 4.61. The third-order valence-corrected chi connectivity index (χ3v) is 2.60. The summed E-state index contributed by atoms with van der Waals surface area (Å²) in [6, 6.07) is 0. The summed E-state index contributed by atoms with van der Waals surface area (Å²) in [7, 11) is 0. The topological polar surface area (TPSA) is 17.8 Å². The molecule has 1 heterocycles. The van der Waals surface area contributed by atoms with Crippen LogP contribution in [0, 0.1) is 6.92 Å². The van der Waals surface area contributed by atoms with E-state index in [0.717, 1.165) is 23.0 Å². The molecule has 74 valence electrons. The molecule has 0 bridgehead atoms. The average molecular weight is 201 g/mol. The van der Waals surface area contributed by atoms with E-state index >= 15 is 0 Å². The molecule has 13 heavy (non-hydrogen) atoms. The van der Waals surface area contributed by atoms with Crippen molar-refractivity contribution in [3.63, 3.8) is 0 Å². The maximum absolute atomic E-state index is 6.19. The molecule has 3 heteroatoms. The molecule has 1 aromatic heterocycles. The molecule has 0 spiro atoms. The summed E-state index contributed by atoms with van der Waals surface area (Å²) in [4.78, 5) is 0. The second-order valence-electron chi connectivity index (χ2n) is 4.31. The summed E-state index contributed by atoms with van der Waals surface area (Å²) in [5, 5.41) is 5.30. The van der Waals surface area contributed by atoms with Crippen molar-refractivity contribution in [1.29, 1.82) is 0 Å². The minimum absolute atomic E-state index is 0.0300. The largest absolute Gasteiger partial charge is 0.268 e. The molecule has 0 aliphatic rings. The van der Waals surface area contributed by atoms with Gasteiger partial charge in [0.05, 0.1) is 16.4 Å². The van der Waals surface area contributed by atoms with Gasteiger partial charge in [0.15, 0.2) is 0 Å². The summed E-state index contributed by atoms with van der Waals surface area (Å²) >= 11 is 6.19. The number of halogens is 1. The predicted octanol–water partition coefficient (Wildman–Crippen LogP) is 3.16. The maximum atomic E-state index is 6.19. The van der Waals surface area contributed by atoms with Crippen LogP contribution in [0.3, 0.4) is 0 Å². The van der Waals surface area contributed by atoms with Crippen LogP contribution in [-0.2, 0) is 12.0 Å². The van der Waals surface area contributed by atoms with Crippen molar-refractivity contribution in [2.45, 2.75) is 46.6 Å². The maximum Gasteiger partial charge on any atom is 0.0866 e. The smallest absolute Gasteiger partial charge is 0.0866 e. The van der Waals surface area contributed by atoms with Crippen LogP contribution in [-0.4, -0.2) is 9.78 Å². The van der Waals surface area contributed by atoms with Gasteiger partial charge in [0.25, 0.3) is 0 Å². The highest BCUT2D eigenvalue weighted by molar-refractivity contribution is 6.32. The zero-order valence-corrected chi connectivity index (χ0v) is 9.74. The Kier molecular flexibility index (Phi) is 2.71. The van der Waals surface area contributed by atoms with Crippen LogP contribution in [0.4, 0.5) is 0 Å². The van der Waals surface area contributed by atoms with Gasteiger partial charge in [-0.15, -0.1) is 0 Å². The molecule has 0 saturated heterocycles. The summed E-state index contributed by atoms with van der Waals surface area (Å²) in [5.41, 5.74) is 2.09. The molecule has 0 saturated carbocycles. The lowest BCUT2D eigenvalue weighted by molar-refractivity contribution is 0.538. The molecule has 1 aromatic rings. The molecule has 0 fully saturated rings. The lowest BCUT2D eigenvalue weighted by Gasteiger charge is -2.15. The minimum Gasteiger partial charge on any atom is -0.268 e. The Morgan fingerprint density at radius 2 is 1.92 bits per heavy atom. The Balaban J connectivity index is 3.25. The molecular weight excluding hydrogens is 184 g/mol. The molecule has 0 atom stereocenters. The lowest BCUT2D eigenvalue weighted by atomic mass is 9.92. The summed E-state index contributed by atoms with van der Waals surface area (Å²) in [6.07, 6.45) is 0. The zero-order valence-electron chi connectivity index (χ0n) is 8.98. The zero-order chi connectivity index (χ0) is 10.2. The van der Waals surface area contributed by atoms with Gasteiger partial charge in [0, 0.05) is 12.0 Å². The van der Waals surface area contributed by atoms with Crippen molar-refractivity contribution in [1.82, 2.24) is 9.78 Å². The van der Waals surface area contributed by atoms with Crippen molar-refractivity contribution < 1.29 is 0 Å². The van der Waals surface area contributed by atoms with Gasteiger partial charge in [-0.1, -0.05) is 32.4 Å². The molecule has 0 N–H and O–H groups in total. The quantitative estimate of drug-likeness (QED) is 0.681. The lowest BCUT2D eigenvalue weighted by Crippen LogP contribution is -2.13. The number of nitrogens with zero attached hydrogens (tertiary/aromatic N) is 2. The Labute approximate surface area is 84.9 Å². The van der Waals surface area contributed by atoms with Gasteiger partial charge >= 0.3 is 0 Å². The van der Waals surface area contributed by atoms with Crippen LogP contribution in [0.15, 0.2) is 0 Å². The summed E-state index contributed by atoms with van der Waals surface area (Å²) in [5.74, 6) is 0. The fourth-order valence-corrected chi connectivity index (χ4v) is 1.73. The molecule has 0 aromatic carbocycles. The number of hydrogen-bond donors (Lipinski definition) is 0. The molecular formula is C10H17ClN2. The van der Waals surface area contributed by atoms with Crippen molar-refractivity contribution in [2.75, 3.05) is 0 Å². The van der Waals surface area contributed by atoms with Crippen molar-refractivity contribution in [3.8, 4) is 0 Å². The average Bonchev–Trinajstić information content (AvgIpc) is 2.28. The Hall–Kier alpha value is -0.500. The van der Waals surface area contributed by atoms with E-state index in [0.29, 0.717) is 0 Å². The fourth-order valence-electron chi connectivity index (χ4n) is 1.31. The second kappa shape index (κ2) is 3.33. The highest BCUT2D eigenvalue weighted by atomic mass is 35.5. The van der Waals surface area contributed by atoms with E-state index in [1.54, 1.807) is 0 Å². The highest BCUT2D eigenvalue weighted by Crippen LogP contribution is 2.30. The first kappa shape index (κ1) is 10.6. The third kappa shape index (κ3) is 1.88. The van der Waals surface area contributed by atoms with Crippen molar-refractivity contribution >= 4 is 11.6 Å². The van der Waals surface area contributed by atoms with Gasteiger partial charge in [-0.3, -0.25) is 4.68 Å². The highest BCUT2D eigenvalue weighted by Gasteiger charge is 2.23. The van der Waals surface area contributed by atoms with E-state index in [1.807, 2.05) is 11.6 Å². The van der Waals surface area contributed by atoms with Crippen LogP contribution < -0.4 is 0 Å². The third-order valence-electron chi connectivity index (χ3n) is 2.14. The summed E-state index contributed by atoms with van der Waals surface area (Å²) < 4.78 is 1.95. The predicted molar refractivity (Wildman–Crippen MR) is 56.3 cm³/mol. The van der Waals surface area contributed by atoms with Gasteiger partial charge < -0.3 is 0 Å². The van der Waals surface area contributed by atoms with Gasteiger partial charge in [0.2, 0.25) is 0 Å². The minimum atomic E-state index is 0.0300. The van der Waals surface area contributed by atoms with E-state index < -0.39 is 0 Å². The van der Waals surface area contributed by atoms with Crippen LogP contribution in [0.2, 0.25) is 5.02 Å². The molecule has 0 amide bonds. The Bertz CT molecular complexity index is 307. The Morgan fingerprint density at radius 1 is 1.38 bits per heavy atom. The van der Waals surface area contributed by atoms with Gasteiger partial charge in [0.1, 0.15) is 0 Å². The molecule has 1 rings (SSSR count). The number of aromatic nitrogens is 2. The molecule has 0 unspecified atom stereocenters. The van der Waals surface area contributed by atoms with Crippen molar-refractivity contribution in [3.05, 3.63) is 16.4 Å². The van der Waals surface area contributed by atoms with E-state index in [4.69, 9.17) is 11.6 Å². The van der Waals surface area contributed by atoms with Gasteiger partial charge in [-0.05, 0) is 13.8 Å².